The third-order valence-electron chi connectivity index (χ3n) is 6.48. The van der Waals surface area contributed by atoms with Crippen LogP contribution < -0.4 is 5.32 Å². The second-order valence-electron chi connectivity index (χ2n) is 9.31. The van der Waals surface area contributed by atoms with E-state index in [0.29, 0.717) is 35.8 Å². The Kier molecular flexibility index (Phi) is 7.68. The van der Waals surface area contributed by atoms with Gasteiger partial charge >= 0.3 is 0 Å². The molecule has 1 saturated heterocycles. The summed E-state index contributed by atoms with van der Waals surface area (Å²) in [5.41, 5.74) is 4.94. The monoisotopic (exact) mass is 527 g/mol. The largest absolute Gasteiger partial charge is 0.355 e. The van der Waals surface area contributed by atoms with E-state index >= 15 is 0 Å². The van der Waals surface area contributed by atoms with E-state index in [2.05, 4.69) is 10.5 Å². The zero-order valence-corrected chi connectivity index (χ0v) is 22.4. The lowest BCUT2D eigenvalue weighted by Crippen LogP contribution is -2.44. The van der Waals surface area contributed by atoms with Gasteiger partial charge in [0.05, 0.1) is 5.92 Å². The van der Waals surface area contributed by atoms with Crippen LogP contribution in [0.2, 0.25) is 5.02 Å². The average Bonchev–Trinajstić information content (AvgIpc) is 3.22. The van der Waals surface area contributed by atoms with Gasteiger partial charge in [0.15, 0.2) is 10.7 Å². The molecule has 0 spiro atoms. The molecule has 2 aromatic carbocycles. The second-order valence-corrected chi connectivity index (χ2v) is 11.6. The molecule has 1 aliphatic rings. The summed E-state index contributed by atoms with van der Waals surface area (Å²) in [4.78, 5) is 13.0. The van der Waals surface area contributed by atoms with Crippen molar-refractivity contribution >= 4 is 45.4 Å². The van der Waals surface area contributed by atoms with Crippen molar-refractivity contribution in [1.29, 1.82) is 0 Å². The van der Waals surface area contributed by atoms with E-state index in [1.54, 1.807) is 31.2 Å². The highest BCUT2D eigenvalue weighted by molar-refractivity contribution is 7.89. The molecule has 2 heterocycles. The fraction of sp³-hybridized carbons (Fsp3) is 0.333. The lowest BCUT2D eigenvalue weighted by molar-refractivity contribution is -0.120. The van der Waals surface area contributed by atoms with Gasteiger partial charge in [-0.2, -0.15) is 4.31 Å². The Hall–Kier alpha value is -2.94. The molecule has 1 aliphatic heterocycles. The Morgan fingerprint density at radius 1 is 1.11 bits per heavy atom. The number of amides is 1. The van der Waals surface area contributed by atoms with E-state index in [-0.39, 0.29) is 23.1 Å². The van der Waals surface area contributed by atoms with Crippen molar-refractivity contribution in [2.45, 2.75) is 45.4 Å². The van der Waals surface area contributed by atoms with Gasteiger partial charge in [-0.3, -0.25) is 4.79 Å². The number of carbonyl (C=O) groups excluding carboxylic acids is 1. The Morgan fingerprint density at radius 3 is 2.64 bits per heavy atom. The summed E-state index contributed by atoms with van der Waals surface area (Å²) in [7, 11) is -3.93. The first kappa shape index (κ1) is 26.1. The normalized spacial score (nSPS) is 17.0. The number of anilines is 1. The molecule has 4 rings (SSSR count). The number of rotatable bonds is 6. The molecule has 1 fully saturated rings. The molecule has 0 radical (unpaired) electrons. The number of aromatic nitrogens is 1. The van der Waals surface area contributed by atoms with Crippen molar-refractivity contribution in [2.24, 2.45) is 5.92 Å². The number of aryl methyl sites for hydroxylation is 4. The zero-order chi connectivity index (χ0) is 26.0. The van der Waals surface area contributed by atoms with Gasteiger partial charge in [0, 0.05) is 23.8 Å². The summed E-state index contributed by atoms with van der Waals surface area (Å²) >= 11 is 6.01. The van der Waals surface area contributed by atoms with Gasteiger partial charge in [-0.25, -0.2) is 8.42 Å². The summed E-state index contributed by atoms with van der Waals surface area (Å²) in [6.07, 6.45) is 4.66. The highest BCUT2D eigenvalue weighted by Crippen LogP contribution is 2.30. The van der Waals surface area contributed by atoms with Crippen LogP contribution in [0.25, 0.3) is 12.2 Å². The number of nitrogens with zero attached hydrogens (tertiary/aromatic N) is 2. The van der Waals surface area contributed by atoms with Crippen LogP contribution in [0.15, 0.2) is 45.8 Å². The van der Waals surface area contributed by atoms with Gasteiger partial charge in [-0.1, -0.05) is 46.6 Å². The highest BCUT2D eigenvalue weighted by Gasteiger charge is 2.37. The SMILES string of the molecule is Cc1ccc(C)c(C=Cc2onc(C)c2S(=O)(=O)N2CCCC(C(=O)Nc3ccc(Cl)cc3C)C2)c1. The van der Waals surface area contributed by atoms with Crippen molar-refractivity contribution in [3.05, 3.63) is 75.1 Å². The third kappa shape index (κ3) is 5.56. The predicted octanol–water partition coefficient (Wildman–Crippen LogP) is 5.77. The number of nitrogens with one attached hydrogen (secondary N) is 1. The van der Waals surface area contributed by atoms with Crippen LogP contribution in [-0.4, -0.2) is 36.9 Å². The Balaban J connectivity index is 1.55. The number of carbonyl (C=O) groups is 1. The van der Waals surface area contributed by atoms with Crippen LogP contribution in [0.3, 0.4) is 0 Å². The molecule has 7 nitrogen and oxygen atoms in total. The van der Waals surface area contributed by atoms with Gasteiger partial charge in [0.2, 0.25) is 15.9 Å². The molecule has 0 aliphatic carbocycles. The van der Waals surface area contributed by atoms with Gasteiger partial charge < -0.3 is 9.84 Å². The van der Waals surface area contributed by atoms with Gasteiger partial charge in [-0.15, -0.1) is 0 Å². The summed E-state index contributed by atoms with van der Waals surface area (Å²) < 4.78 is 34.1. The van der Waals surface area contributed by atoms with E-state index < -0.39 is 15.9 Å². The van der Waals surface area contributed by atoms with Crippen molar-refractivity contribution in [3.8, 4) is 0 Å². The first-order valence-electron chi connectivity index (χ1n) is 11.8. The number of benzene rings is 2. The van der Waals surface area contributed by atoms with E-state index in [4.69, 9.17) is 16.1 Å². The molecule has 1 unspecified atom stereocenters. The fourth-order valence-corrected chi connectivity index (χ4v) is 6.41. The maximum atomic E-state index is 13.7. The van der Waals surface area contributed by atoms with Crippen molar-refractivity contribution in [1.82, 2.24) is 9.46 Å². The van der Waals surface area contributed by atoms with Crippen LogP contribution in [0, 0.1) is 33.6 Å². The van der Waals surface area contributed by atoms with Crippen molar-refractivity contribution in [2.75, 3.05) is 18.4 Å². The summed E-state index contributed by atoms with van der Waals surface area (Å²) in [6, 6.07) is 11.3. The molecule has 9 heteroatoms. The molecule has 1 N–H and O–H groups in total. The van der Waals surface area contributed by atoms with E-state index in [1.807, 2.05) is 45.0 Å². The van der Waals surface area contributed by atoms with Crippen LogP contribution >= 0.6 is 11.6 Å². The number of hydrogen-bond donors (Lipinski definition) is 1. The van der Waals surface area contributed by atoms with Gasteiger partial charge in [-0.05, 0) is 81.5 Å². The van der Waals surface area contributed by atoms with Crippen LogP contribution in [-0.2, 0) is 14.8 Å². The molecule has 36 heavy (non-hydrogen) atoms. The molecular formula is C27H30ClN3O4S. The maximum absolute atomic E-state index is 13.7. The topological polar surface area (TPSA) is 92.5 Å². The fourth-order valence-electron chi connectivity index (χ4n) is 4.41. The molecule has 3 aromatic rings. The first-order chi connectivity index (χ1) is 17.1. The molecule has 190 valence electrons. The summed E-state index contributed by atoms with van der Waals surface area (Å²) in [5.74, 6) is -0.508. The minimum atomic E-state index is -3.93. The van der Waals surface area contributed by atoms with Crippen LogP contribution in [0.5, 0.6) is 0 Å². The highest BCUT2D eigenvalue weighted by atomic mass is 35.5. The Labute approximate surface area is 217 Å². The van der Waals surface area contributed by atoms with E-state index in [9.17, 15) is 13.2 Å². The number of piperidine rings is 1. The minimum Gasteiger partial charge on any atom is -0.355 e. The van der Waals surface area contributed by atoms with Crippen molar-refractivity contribution in [3.63, 3.8) is 0 Å². The Morgan fingerprint density at radius 2 is 1.89 bits per heavy atom. The summed E-state index contributed by atoms with van der Waals surface area (Å²) in [5, 5.41) is 7.45. The average molecular weight is 528 g/mol. The lowest BCUT2D eigenvalue weighted by Gasteiger charge is -2.31. The quantitative estimate of drug-likeness (QED) is 0.439. The van der Waals surface area contributed by atoms with Crippen molar-refractivity contribution < 1.29 is 17.7 Å². The standard InChI is InChI=1S/C27H30ClN3O4S/c1-17-7-8-18(2)21(14-17)9-12-25-26(20(4)30-35-25)36(33,34)31-13-5-6-22(16-31)27(32)29-24-11-10-23(28)15-19(24)3/h7-12,14-15,22H,5-6,13,16H2,1-4H3,(H,29,32). The van der Waals surface area contributed by atoms with Crippen LogP contribution in [0.4, 0.5) is 5.69 Å². The molecule has 1 atom stereocenters. The molecule has 1 aromatic heterocycles. The number of sulfonamides is 1. The van der Waals surface area contributed by atoms with Gasteiger partial charge in [0.1, 0.15) is 5.69 Å². The second kappa shape index (κ2) is 10.6. The maximum Gasteiger partial charge on any atom is 0.248 e. The molecule has 0 bridgehead atoms. The van der Waals surface area contributed by atoms with Gasteiger partial charge in [0.25, 0.3) is 0 Å². The minimum absolute atomic E-state index is 0.0404. The Bertz CT molecular complexity index is 1430. The van der Waals surface area contributed by atoms with E-state index in [1.165, 1.54) is 4.31 Å². The third-order valence-corrected chi connectivity index (χ3v) is 8.74. The first-order valence-corrected chi connectivity index (χ1v) is 13.7. The number of hydrogen-bond acceptors (Lipinski definition) is 5. The lowest BCUT2D eigenvalue weighted by atomic mass is 9.98. The number of halogens is 1. The smallest absolute Gasteiger partial charge is 0.248 e. The molecule has 0 saturated carbocycles. The van der Waals surface area contributed by atoms with Crippen LogP contribution in [0.1, 0.15) is 46.5 Å². The molecular weight excluding hydrogens is 498 g/mol. The molecule has 1 amide bonds. The zero-order valence-electron chi connectivity index (χ0n) is 20.8. The predicted molar refractivity (Wildman–Crippen MR) is 142 cm³/mol. The summed E-state index contributed by atoms with van der Waals surface area (Å²) in [6.45, 7) is 7.89. The van der Waals surface area contributed by atoms with E-state index in [0.717, 1.165) is 22.3 Å².